The summed E-state index contributed by atoms with van der Waals surface area (Å²) in [6, 6.07) is 0.322. The van der Waals surface area contributed by atoms with Crippen LogP contribution in [0.15, 0.2) is 0 Å². The first-order chi connectivity index (χ1) is 5.11. The van der Waals surface area contributed by atoms with Crippen LogP contribution in [0.1, 0.15) is 19.8 Å². The summed E-state index contributed by atoms with van der Waals surface area (Å²) in [6.07, 6.45) is -0.821. The molecule has 0 radical (unpaired) electrons. The summed E-state index contributed by atoms with van der Waals surface area (Å²) in [5.41, 5.74) is 0. The van der Waals surface area contributed by atoms with E-state index in [2.05, 4.69) is 4.90 Å². The van der Waals surface area contributed by atoms with Crippen LogP contribution in [-0.4, -0.2) is 31.0 Å². The third-order valence-corrected chi connectivity index (χ3v) is 2.61. The molecule has 1 saturated heterocycles. The lowest BCUT2D eigenvalue weighted by molar-refractivity contribution is 0.0229. The van der Waals surface area contributed by atoms with Crippen molar-refractivity contribution in [1.82, 2.24) is 4.90 Å². The van der Waals surface area contributed by atoms with E-state index in [0.29, 0.717) is 18.9 Å². The molecule has 0 aromatic carbocycles. The Labute approximate surface area is 66.4 Å². The molecule has 2 unspecified atom stereocenters. The van der Waals surface area contributed by atoms with Crippen molar-refractivity contribution in [3.8, 4) is 0 Å². The van der Waals surface area contributed by atoms with Gasteiger partial charge in [0.2, 0.25) is 6.43 Å². The molecule has 0 bridgehead atoms. The van der Waals surface area contributed by atoms with Crippen LogP contribution in [0, 0.1) is 5.92 Å². The highest BCUT2D eigenvalue weighted by Crippen LogP contribution is 2.26. The summed E-state index contributed by atoms with van der Waals surface area (Å²) in [7, 11) is 1.99. The fourth-order valence-electron chi connectivity index (χ4n) is 1.55. The quantitative estimate of drug-likeness (QED) is 0.571. The molecule has 0 saturated carbocycles. The highest BCUT2D eigenvalue weighted by Gasteiger charge is 2.28. The Morgan fingerprint density at radius 3 is 2.55 bits per heavy atom. The number of halogens is 2. The lowest BCUT2D eigenvalue weighted by atomic mass is 9.92. The van der Waals surface area contributed by atoms with E-state index in [-0.39, 0.29) is 5.92 Å². The number of hydrogen-bond donors (Lipinski definition) is 0. The Balaban J connectivity index is 2.40. The average molecular weight is 163 g/mol. The Morgan fingerprint density at radius 1 is 1.45 bits per heavy atom. The highest BCUT2D eigenvalue weighted by atomic mass is 19.3. The minimum atomic E-state index is -2.12. The summed E-state index contributed by atoms with van der Waals surface area (Å²) in [5.74, 6) is -0.360. The summed E-state index contributed by atoms with van der Waals surface area (Å²) < 4.78 is 24.4. The molecule has 3 heteroatoms. The standard InChI is InChI=1S/C8H15F2N/c1-6-5-7(8(9)10)3-4-11(6)2/h6-8H,3-5H2,1-2H3. The van der Waals surface area contributed by atoms with Gasteiger partial charge in [-0.1, -0.05) is 0 Å². The van der Waals surface area contributed by atoms with Gasteiger partial charge >= 0.3 is 0 Å². The molecule has 66 valence electrons. The Kier molecular flexibility index (Phi) is 2.82. The highest BCUT2D eigenvalue weighted by molar-refractivity contribution is 4.77. The van der Waals surface area contributed by atoms with Crippen molar-refractivity contribution in [3.63, 3.8) is 0 Å². The van der Waals surface area contributed by atoms with Gasteiger partial charge in [-0.2, -0.15) is 0 Å². The lowest BCUT2D eigenvalue weighted by Crippen LogP contribution is -2.39. The Morgan fingerprint density at radius 2 is 2.09 bits per heavy atom. The van der Waals surface area contributed by atoms with Gasteiger partial charge in [-0.25, -0.2) is 8.78 Å². The molecule has 1 aliphatic heterocycles. The molecule has 0 aliphatic carbocycles. The molecule has 2 atom stereocenters. The van der Waals surface area contributed by atoms with Crippen molar-refractivity contribution in [2.45, 2.75) is 32.2 Å². The molecular weight excluding hydrogens is 148 g/mol. The van der Waals surface area contributed by atoms with Gasteiger partial charge < -0.3 is 4.90 Å². The van der Waals surface area contributed by atoms with Crippen molar-refractivity contribution in [2.75, 3.05) is 13.6 Å². The lowest BCUT2D eigenvalue weighted by Gasteiger charge is -2.34. The van der Waals surface area contributed by atoms with E-state index < -0.39 is 6.43 Å². The molecule has 0 N–H and O–H groups in total. The van der Waals surface area contributed by atoms with Crippen LogP contribution in [0.2, 0.25) is 0 Å². The maximum Gasteiger partial charge on any atom is 0.241 e. The number of alkyl halides is 2. The number of hydrogen-bond acceptors (Lipinski definition) is 1. The van der Waals surface area contributed by atoms with Crippen LogP contribution in [0.3, 0.4) is 0 Å². The maximum atomic E-state index is 12.2. The zero-order valence-corrected chi connectivity index (χ0v) is 7.06. The van der Waals surface area contributed by atoms with Crippen LogP contribution < -0.4 is 0 Å². The first kappa shape index (κ1) is 8.91. The molecule has 1 fully saturated rings. The third kappa shape index (κ3) is 2.12. The molecule has 1 rings (SSSR count). The van der Waals surface area contributed by atoms with Crippen LogP contribution in [0.4, 0.5) is 8.78 Å². The zero-order chi connectivity index (χ0) is 8.43. The van der Waals surface area contributed by atoms with Gasteiger partial charge in [0.1, 0.15) is 0 Å². The predicted molar refractivity (Wildman–Crippen MR) is 40.8 cm³/mol. The molecule has 0 spiro atoms. The Bertz CT molecular complexity index is 127. The van der Waals surface area contributed by atoms with E-state index in [4.69, 9.17) is 0 Å². The minimum absolute atomic E-state index is 0.322. The van der Waals surface area contributed by atoms with Gasteiger partial charge in [-0.3, -0.25) is 0 Å². The normalized spacial score (nSPS) is 34.6. The summed E-state index contributed by atoms with van der Waals surface area (Å²) in [4.78, 5) is 2.14. The van der Waals surface area contributed by atoms with Crippen molar-refractivity contribution in [3.05, 3.63) is 0 Å². The summed E-state index contributed by atoms with van der Waals surface area (Å²) >= 11 is 0. The zero-order valence-electron chi connectivity index (χ0n) is 7.06. The smallest absolute Gasteiger partial charge is 0.241 e. The molecule has 1 nitrogen and oxygen atoms in total. The topological polar surface area (TPSA) is 3.24 Å². The third-order valence-electron chi connectivity index (χ3n) is 2.61. The number of rotatable bonds is 1. The monoisotopic (exact) mass is 163 g/mol. The van der Waals surface area contributed by atoms with E-state index in [9.17, 15) is 8.78 Å². The van der Waals surface area contributed by atoms with Gasteiger partial charge in [0.05, 0.1) is 0 Å². The second kappa shape index (κ2) is 3.48. The summed E-state index contributed by atoms with van der Waals surface area (Å²) in [5, 5.41) is 0. The van der Waals surface area contributed by atoms with Crippen LogP contribution >= 0.6 is 0 Å². The fraction of sp³-hybridized carbons (Fsp3) is 1.00. The van der Waals surface area contributed by atoms with E-state index in [1.54, 1.807) is 0 Å². The SMILES string of the molecule is CC1CC(C(F)F)CCN1C. The second-order valence-electron chi connectivity index (χ2n) is 3.45. The van der Waals surface area contributed by atoms with E-state index >= 15 is 0 Å². The number of likely N-dealkylation sites (tertiary alicyclic amines) is 1. The maximum absolute atomic E-state index is 12.2. The number of nitrogens with zero attached hydrogens (tertiary/aromatic N) is 1. The predicted octanol–water partition coefficient (Wildman–Crippen LogP) is 1.98. The van der Waals surface area contributed by atoms with E-state index in [1.165, 1.54) is 0 Å². The van der Waals surface area contributed by atoms with E-state index in [1.807, 2.05) is 14.0 Å². The molecule has 0 aromatic heterocycles. The molecule has 1 aliphatic rings. The van der Waals surface area contributed by atoms with Gasteiger partial charge in [-0.15, -0.1) is 0 Å². The van der Waals surface area contributed by atoms with Crippen LogP contribution in [0.5, 0.6) is 0 Å². The van der Waals surface area contributed by atoms with Gasteiger partial charge in [0.15, 0.2) is 0 Å². The minimum Gasteiger partial charge on any atom is -0.304 e. The van der Waals surface area contributed by atoms with Crippen molar-refractivity contribution >= 4 is 0 Å². The van der Waals surface area contributed by atoms with Crippen molar-refractivity contribution in [1.29, 1.82) is 0 Å². The van der Waals surface area contributed by atoms with E-state index in [0.717, 1.165) is 6.54 Å². The van der Waals surface area contributed by atoms with Crippen molar-refractivity contribution in [2.24, 2.45) is 5.92 Å². The van der Waals surface area contributed by atoms with Gasteiger partial charge in [0.25, 0.3) is 0 Å². The van der Waals surface area contributed by atoms with Crippen LogP contribution in [-0.2, 0) is 0 Å². The largest absolute Gasteiger partial charge is 0.304 e. The molecule has 0 aromatic rings. The fourth-order valence-corrected chi connectivity index (χ4v) is 1.55. The molecule has 11 heavy (non-hydrogen) atoms. The first-order valence-electron chi connectivity index (χ1n) is 4.09. The van der Waals surface area contributed by atoms with Gasteiger partial charge in [-0.05, 0) is 33.4 Å². The van der Waals surface area contributed by atoms with Crippen LogP contribution in [0.25, 0.3) is 0 Å². The van der Waals surface area contributed by atoms with Crippen molar-refractivity contribution < 1.29 is 8.78 Å². The van der Waals surface area contributed by atoms with Gasteiger partial charge in [0, 0.05) is 12.0 Å². The molecular formula is C8H15F2N. The first-order valence-corrected chi connectivity index (χ1v) is 4.09. The average Bonchev–Trinajstić information content (AvgIpc) is 1.94. The summed E-state index contributed by atoms with van der Waals surface area (Å²) in [6.45, 7) is 2.82. The molecule has 1 heterocycles. The second-order valence-corrected chi connectivity index (χ2v) is 3.45. The molecule has 0 amide bonds. The number of piperidine rings is 1. The Hall–Kier alpha value is -0.180.